The Bertz CT molecular complexity index is 1060. The van der Waals surface area contributed by atoms with Crippen LogP contribution in [0.1, 0.15) is 25.2 Å². The molecule has 0 unspecified atom stereocenters. The first-order chi connectivity index (χ1) is 13.4. The van der Waals surface area contributed by atoms with Crippen LogP contribution >= 0.6 is 0 Å². The average Bonchev–Trinajstić information content (AvgIpc) is 3.19. The van der Waals surface area contributed by atoms with Crippen molar-refractivity contribution in [3.05, 3.63) is 59.6 Å². The first kappa shape index (κ1) is 18.1. The van der Waals surface area contributed by atoms with Crippen molar-refractivity contribution in [3.8, 4) is 5.75 Å². The Morgan fingerprint density at radius 1 is 1.21 bits per heavy atom. The van der Waals surface area contributed by atoms with Gasteiger partial charge in [0.05, 0.1) is 29.8 Å². The van der Waals surface area contributed by atoms with E-state index in [9.17, 15) is 5.11 Å². The first-order valence-corrected chi connectivity index (χ1v) is 9.40. The summed E-state index contributed by atoms with van der Waals surface area (Å²) in [5.41, 5.74) is 4.11. The standard InChI is InChI=1S/C22H24N4O2/c1-13(2)12-28-16-7-5-15(6-8-16)26-11-19(27)20(21(26)23)22-24-17-9-4-14(3)10-18(17)25-22/h4-10,13,23,27H,11-12H2,1-3H3,(H,24,25). The second-order valence-electron chi connectivity index (χ2n) is 7.56. The highest BCUT2D eigenvalue weighted by Crippen LogP contribution is 2.31. The molecule has 28 heavy (non-hydrogen) atoms. The Morgan fingerprint density at radius 2 is 1.96 bits per heavy atom. The monoisotopic (exact) mass is 376 g/mol. The maximum absolute atomic E-state index is 10.5. The molecule has 6 heteroatoms. The highest BCUT2D eigenvalue weighted by Gasteiger charge is 2.31. The van der Waals surface area contributed by atoms with Gasteiger partial charge in [-0.3, -0.25) is 5.41 Å². The van der Waals surface area contributed by atoms with Gasteiger partial charge in [-0.2, -0.15) is 0 Å². The van der Waals surface area contributed by atoms with Gasteiger partial charge in [-0.15, -0.1) is 0 Å². The summed E-state index contributed by atoms with van der Waals surface area (Å²) >= 11 is 0. The minimum atomic E-state index is 0.140. The van der Waals surface area contributed by atoms with Gasteiger partial charge in [-0.05, 0) is 54.8 Å². The van der Waals surface area contributed by atoms with Crippen LogP contribution in [-0.2, 0) is 0 Å². The van der Waals surface area contributed by atoms with E-state index in [2.05, 4.69) is 23.8 Å². The van der Waals surface area contributed by atoms with Gasteiger partial charge in [0.15, 0.2) is 0 Å². The molecule has 0 saturated carbocycles. The Hall–Kier alpha value is -3.28. The minimum Gasteiger partial charge on any atom is -0.509 e. The maximum atomic E-state index is 10.5. The van der Waals surface area contributed by atoms with Gasteiger partial charge in [-0.25, -0.2) is 4.98 Å². The molecule has 4 rings (SSSR count). The molecule has 0 atom stereocenters. The van der Waals surface area contributed by atoms with E-state index in [4.69, 9.17) is 10.1 Å². The summed E-state index contributed by atoms with van der Waals surface area (Å²) in [6.45, 7) is 7.14. The number of benzene rings is 2. The molecule has 0 spiro atoms. The summed E-state index contributed by atoms with van der Waals surface area (Å²) in [6, 6.07) is 13.5. The summed E-state index contributed by atoms with van der Waals surface area (Å²) in [7, 11) is 0. The number of hydrogen-bond donors (Lipinski definition) is 3. The van der Waals surface area contributed by atoms with Crippen molar-refractivity contribution in [1.82, 2.24) is 9.97 Å². The Kier molecular flexibility index (Phi) is 4.55. The first-order valence-electron chi connectivity index (χ1n) is 9.40. The number of amidine groups is 1. The van der Waals surface area contributed by atoms with Gasteiger partial charge in [0.1, 0.15) is 23.2 Å². The second kappa shape index (κ2) is 7.03. The van der Waals surface area contributed by atoms with Gasteiger partial charge in [0, 0.05) is 5.69 Å². The number of aromatic nitrogens is 2. The molecule has 3 N–H and O–H groups in total. The molecule has 0 aliphatic carbocycles. The fourth-order valence-corrected chi connectivity index (χ4v) is 3.28. The highest BCUT2D eigenvalue weighted by atomic mass is 16.5. The summed E-state index contributed by atoms with van der Waals surface area (Å²) in [5.74, 6) is 2.14. The van der Waals surface area contributed by atoms with Crippen molar-refractivity contribution in [1.29, 1.82) is 5.41 Å². The summed E-state index contributed by atoms with van der Waals surface area (Å²) in [5, 5.41) is 19.1. The van der Waals surface area contributed by atoms with E-state index in [0.717, 1.165) is 28.0 Å². The van der Waals surface area contributed by atoms with Gasteiger partial charge in [0.25, 0.3) is 0 Å². The molecule has 1 aliphatic heterocycles. The predicted octanol–water partition coefficient (Wildman–Crippen LogP) is 4.67. The van der Waals surface area contributed by atoms with Gasteiger partial charge in [0.2, 0.25) is 0 Å². The molecule has 0 radical (unpaired) electrons. The molecule has 0 amide bonds. The Balaban J connectivity index is 1.57. The minimum absolute atomic E-state index is 0.140. The molecule has 0 bridgehead atoms. The lowest BCUT2D eigenvalue weighted by Crippen LogP contribution is -2.26. The maximum Gasteiger partial charge on any atom is 0.145 e. The van der Waals surface area contributed by atoms with Crippen molar-refractivity contribution < 1.29 is 9.84 Å². The van der Waals surface area contributed by atoms with Crippen LogP contribution in [0.5, 0.6) is 5.75 Å². The number of hydrogen-bond acceptors (Lipinski definition) is 4. The van der Waals surface area contributed by atoms with Crippen LogP contribution in [0.25, 0.3) is 16.6 Å². The van der Waals surface area contributed by atoms with E-state index in [1.54, 1.807) is 4.90 Å². The van der Waals surface area contributed by atoms with Crippen molar-refractivity contribution in [2.45, 2.75) is 20.8 Å². The van der Waals surface area contributed by atoms with Crippen LogP contribution < -0.4 is 9.64 Å². The SMILES string of the molecule is Cc1ccc2nc(C3=C(O)CN(c4ccc(OCC(C)C)cc4)C3=N)[nH]c2c1. The smallest absolute Gasteiger partial charge is 0.145 e. The quantitative estimate of drug-likeness (QED) is 0.604. The zero-order chi connectivity index (χ0) is 19.8. The fourth-order valence-electron chi connectivity index (χ4n) is 3.28. The molecule has 2 aromatic carbocycles. The number of nitrogens with zero attached hydrogens (tertiary/aromatic N) is 2. The number of aliphatic hydroxyl groups excluding tert-OH is 1. The number of ether oxygens (including phenoxy) is 1. The lowest BCUT2D eigenvalue weighted by Gasteiger charge is -2.19. The molecule has 1 aliphatic rings. The molecule has 0 fully saturated rings. The summed E-state index contributed by atoms with van der Waals surface area (Å²) < 4.78 is 5.72. The summed E-state index contributed by atoms with van der Waals surface area (Å²) in [4.78, 5) is 9.55. The topological polar surface area (TPSA) is 85.2 Å². The Labute approximate surface area is 164 Å². The van der Waals surface area contributed by atoms with Crippen LogP contribution in [0.4, 0.5) is 5.69 Å². The van der Waals surface area contributed by atoms with Crippen LogP contribution in [0, 0.1) is 18.3 Å². The van der Waals surface area contributed by atoms with E-state index in [0.29, 0.717) is 23.9 Å². The van der Waals surface area contributed by atoms with Gasteiger partial charge < -0.3 is 19.7 Å². The number of nitrogens with one attached hydrogen (secondary N) is 2. The third-order valence-corrected chi connectivity index (χ3v) is 4.71. The van der Waals surface area contributed by atoms with Crippen molar-refractivity contribution in [3.63, 3.8) is 0 Å². The van der Waals surface area contributed by atoms with Crippen LogP contribution in [0.3, 0.4) is 0 Å². The van der Waals surface area contributed by atoms with E-state index in [-0.39, 0.29) is 18.1 Å². The van der Waals surface area contributed by atoms with Gasteiger partial charge >= 0.3 is 0 Å². The lowest BCUT2D eigenvalue weighted by molar-refractivity contribution is 0.271. The number of aliphatic hydroxyl groups is 1. The van der Waals surface area contributed by atoms with E-state index >= 15 is 0 Å². The molecule has 0 saturated heterocycles. The molecule has 3 aromatic rings. The number of aromatic amines is 1. The number of rotatable bonds is 5. The van der Waals surface area contributed by atoms with Crippen LogP contribution in [0.2, 0.25) is 0 Å². The third-order valence-electron chi connectivity index (χ3n) is 4.71. The Morgan fingerprint density at radius 3 is 2.68 bits per heavy atom. The van der Waals surface area contributed by atoms with E-state index in [1.165, 1.54) is 0 Å². The molecular weight excluding hydrogens is 352 g/mol. The average molecular weight is 376 g/mol. The zero-order valence-corrected chi connectivity index (χ0v) is 16.3. The highest BCUT2D eigenvalue weighted by molar-refractivity contribution is 6.30. The second-order valence-corrected chi connectivity index (χ2v) is 7.56. The molecule has 6 nitrogen and oxygen atoms in total. The summed E-state index contributed by atoms with van der Waals surface area (Å²) in [6.07, 6.45) is 0. The van der Waals surface area contributed by atoms with E-state index in [1.807, 2.05) is 49.4 Å². The number of imidazole rings is 1. The van der Waals surface area contributed by atoms with Gasteiger partial charge in [-0.1, -0.05) is 19.9 Å². The fraction of sp³-hybridized carbons (Fsp3) is 0.273. The molecule has 144 valence electrons. The number of H-pyrrole nitrogens is 1. The number of fused-ring (bicyclic) bond motifs is 1. The van der Waals surface area contributed by atoms with Crippen molar-refractivity contribution in [2.24, 2.45) is 5.92 Å². The van der Waals surface area contributed by atoms with E-state index < -0.39 is 0 Å². The zero-order valence-electron chi connectivity index (χ0n) is 16.3. The predicted molar refractivity (Wildman–Crippen MR) is 112 cm³/mol. The van der Waals surface area contributed by atoms with Crippen LogP contribution in [0.15, 0.2) is 48.2 Å². The normalized spacial score (nSPS) is 14.6. The molecule has 1 aromatic heterocycles. The lowest BCUT2D eigenvalue weighted by atomic mass is 10.2. The van der Waals surface area contributed by atoms with Crippen molar-refractivity contribution >= 4 is 28.1 Å². The largest absolute Gasteiger partial charge is 0.509 e. The third kappa shape index (κ3) is 3.33. The molecular formula is C22H24N4O2. The van der Waals surface area contributed by atoms with Crippen LogP contribution in [-0.4, -0.2) is 34.1 Å². The number of anilines is 1. The number of aryl methyl sites for hydroxylation is 1. The van der Waals surface area contributed by atoms with Crippen molar-refractivity contribution in [2.75, 3.05) is 18.1 Å². The molecule has 2 heterocycles.